The van der Waals surface area contributed by atoms with Gasteiger partial charge in [-0.15, -0.1) is 11.8 Å². The Kier molecular flexibility index (Phi) is 6.83. The molecular weight excluding hydrogens is 442 g/mol. The third-order valence-corrected chi connectivity index (χ3v) is 8.42. The van der Waals surface area contributed by atoms with E-state index in [0.29, 0.717) is 24.4 Å². The van der Waals surface area contributed by atoms with E-state index in [1.54, 1.807) is 6.92 Å². The van der Waals surface area contributed by atoms with Gasteiger partial charge in [-0.1, -0.05) is 38.1 Å². The summed E-state index contributed by atoms with van der Waals surface area (Å²) >= 11 is 1.44. The molecule has 0 aliphatic carbocycles. The fourth-order valence-electron chi connectivity index (χ4n) is 5.06. The monoisotopic (exact) mass is 473 g/mol. The first-order chi connectivity index (χ1) is 15.7. The van der Waals surface area contributed by atoms with Crippen LogP contribution in [0.25, 0.3) is 0 Å². The number of carbonyl (C=O) groups excluding carboxylic acids is 2. The minimum absolute atomic E-state index is 0.0233. The van der Waals surface area contributed by atoms with Gasteiger partial charge >= 0.3 is 5.97 Å². The van der Waals surface area contributed by atoms with Gasteiger partial charge in [-0.3, -0.25) is 9.59 Å². The highest BCUT2D eigenvalue weighted by Crippen LogP contribution is 2.51. The summed E-state index contributed by atoms with van der Waals surface area (Å²) in [7, 11) is 0. The average molecular weight is 474 g/mol. The van der Waals surface area contributed by atoms with Gasteiger partial charge in [0.15, 0.2) is 0 Å². The molecule has 4 N–H and O–H groups in total. The van der Waals surface area contributed by atoms with E-state index in [4.69, 9.17) is 0 Å². The van der Waals surface area contributed by atoms with Gasteiger partial charge in [0.2, 0.25) is 11.8 Å². The molecule has 0 spiro atoms. The third-order valence-electron chi connectivity index (χ3n) is 6.91. The summed E-state index contributed by atoms with van der Waals surface area (Å²) < 4.78 is 0. The number of thioether (sulfide) groups is 1. The van der Waals surface area contributed by atoms with Crippen molar-refractivity contribution < 1.29 is 24.6 Å². The second kappa shape index (κ2) is 9.48. The van der Waals surface area contributed by atoms with Gasteiger partial charge < -0.3 is 25.7 Å². The highest BCUT2D eigenvalue weighted by Gasteiger charge is 2.60. The Morgan fingerprint density at radius 2 is 1.94 bits per heavy atom. The molecule has 0 radical (unpaired) electrons. The molecule has 3 heterocycles. The molecule has 2 fully saturated rings. The average Bonchev–Trinajstić information content (AvgIpc) is 3.34. The first-order valence-electron chi connectivity index (χ1n) is 11.5. The number of nitrogens with zero attached hydrogens (tertiary/aromatic N) is 1. The van der Waals surface area contributed by atoms with E-state index >= 15 is 0 Å². The number of β-lactam (4-membered cyclic amide) rings is 1. The predicted octanol–water partition coefficient (Wildman–Crippen LogP) is 1.48. The van der Waals surface area contributed by atoms with Crippen molar-refractivity contribution in [3.05, 3.63) is 46.0 Å². The number of fused-ring (bicyclic) bond motifs is 1. The molecule has 0 bridgehead atoms. The second-order valence-corrected chi connectivity index (χ2v) is 10.4. The van der Waals surface area contributed by atoms with Crippen molar-refractivity contribution >= 4 is 29.5 Å². The molecule has 0 aromatic heterocycles. The fourth-order valence-corrected chi connectivity index (χ4v) is 6.53. The van der Waals surface area contributed by atoms with E-state index in [1.165, 1.54) is 22.2 Å². The number of aliphatic carboxylic acids is 1. The van der Waals surface area contributed by atoms with Gasteiger partial charge in [0.05, 0.1) is 24.1 Å². The summed E-state index contributed by atoms with van der Waals surface area (Å²) in [4.78, 5) is 39.1. The molecule has 6 atom stereocenters. The Bertz CT molecular complexity index is 977. The number of hydrogen-bond acceptors (Lipinski definition) is 6. The number of carbonyl (C=O) groups is 3. The lowest BCUT2D eigenvalue weighted by atomic mass is 9.79. The van der Waals surface area contributed by atoms with Crippen LogP contribution in [0.5, 0.6) is 0 Å². The van der Waals surface area contributed by atoms with Crippen molar-refractivity contribution in [3.63, 3.8) is 0 Å². The van der Waals surface area contributed by atoms with E-state index in [9.17, 15) is 24.6 Å². The van der Waals surface area contributed by atoms with Gasteiger partial charge in [-0.25, -0.2) is 4.79 Å². The van der Waals surface area contributed by atoms with Crippen LogP contribution in [0.4, 0.5) is 0 Å². The maximum absolute atomic E-state index is 12.7. The normalized spacial score (nSPS) is 29.6. The zero-order valence-corrected chi connectivity index (χ0v) is 19.9. The molecule has 3 aliphatic rings. The Labute approximate surface area is 197 Å². The lowest BCUT2D eigenvalue weighted by Gasteiger charge is -2.46. The number of aliphatic hydroxyl groups excluding tert-OH is 1. The second-order valence-electron chi connectivity index (χ2n) is 9.10. The molecule has 0 saturated carbocycles. The van der Waals surface area contributed by atoms with Crippen LogP contribution in [0.3, 0.4) is 0 Å². The van der Waals surface area contributed by atoms with Gasteiger partial charge in [-0.2, -0.15) is 0 Å². The van der Waals surface area contributed by atoms with Gasteiger partial charge in [-0.05, 0) is 30.9 Å². The molecule has 33 heavy (non-hydrogen) atoms. The number of aryl methyl sites for hydroxylation is 1. The van der Waals surface area contributed by atoms with Crippen LogP contribution in [0.2, 0.25) is 0 Å². The van der Waals surface area contributed by atoms with Crippen molar-refractivity contribution in [2.45, 2.75) is 63.6 Å². The number of carboxylic acid groups (broad SMARTS) is 1. The maximum Gasteiger partial charge on any atom is 0.353 e. The summed E-state index contributed by atoms with van der Waals surface area (Å²) in [6.45, 7) is 6.62. The standard InChI is InChI=1S/C24H31N3O5S/c1-4-14-5-7-15(8-6-14)10-26-22(29)17-9-16(11-25-17)33-21-12(2)19-18(13(3)28)23(30)27(19)20(21)24(31)32/h5-8,12-13,16-19,25,28H,4,9-11H2,1-3H3,(H,26,29)(H,31,32). The van der Waals surface area contributed by atoms with Crippen molar-refractivity contribution in [1.29, 1.82) is 0 Å². The molecule has 178 valence electrons. The summed E-state index contributed by atoms with van der Waals surface area (Å²) in [6, 6.07) is 7.51. The number of amides is 2. The molecule has 6 unspecified atom stereocenters. The van der Waals surface area contributed by atoms with Gasteiger partial charge in [0.25, 0.3) is 0 Å². The van der Waals surface area contributed by atoms with E-state index in [0.717, 1.165) is 12.0 Å². The summed E-state index contributed by atoms with van der Waals surface area (Å²) in [6.07, 6.45) is 0.732. The first kappa shape index (κ1) is 23.8. The molecule has 1 aromatic rings. The molecular formula is C24H31N3O5S. The summed E-state index contributed by atoms with van der Waals surface area (Å²) in [5.74, 6) is -2.27. The van der Waals surface area contributed by atoms with Crippen LogP contribution in [0.15, 0.2) is 34.9 Å². The van der Waals surface area contributed by atoms with E-state index in [2.05, 4.69) is 29.7 Å². The molecule has 2 amide bonds. The van der Waals surface area contributed by atoms with E-state index in [-0.39, 0.29) is 40.8 Å². The number of hydrogen-bond donors (Lipinski definition) is 4. The number of nitrogens with one attached hydrogen (secondary N) is 2. The van der Waals surface area contributed by atoms with Crippen LogP contribution >= 0.6 is 11.8 Å². The summed E-state index contributed by atoms with van der Waals surface area (Å²) in [5, 5.41) is 26.0. The topological polar surface area (TPSA) is 119 Å². The van der Waals surface area contributed by atoms with Crippen LogP contribution in [-0.4, -0.2) is 62.9 Å². The van der Waals surface area contributed by atoms with Gasteiger partial charge in [0, 0.05) is 29.2 Å². The molecule has 8 nitrogen and oxygen atoms in total. The highest BCUT2D eigenvalue weighted by atomic mass is 32.2. The molecule has 2 saturated heterocycles. The van der Waals surface area contributed by atoms with Crippen molar-refractivity contribution in [2.24, 2.45) is 11.8 Å². The van der Waals surface area contributed by atoms with Gasteiger partial charge in [0.1, 0.15) is 5.70 Å². The van der Waals surface area contributed by atoms with E-state index in [1.807, 2.05) is 19.1 Å². The Balaban J connectivity index is 1.36. The minimum atomic E-state index is -1.13. The third kappa shape index (κ3) is 4.41. The Morgan fingerprint density at radius 3 is 2.55 bits per heavy atom. The van der Waals surface area contributed by atoms with E-state index < -0.39 is 18.0 Å². The van der Waals surface area contributed by atoms with Crippen LogP contribution in [0, 0.1) is 11.8 Å². The van der Waals surface area contributed by atoms with Crippen LogP contribution < -0.4 is 10.6 Å². The zero-order valence-electron chi connectivity index (χ0n) is 19.1. The SMILES string of the molecule is CCc1ccc(CNC(=O)C2CC(SC3=C(C(=O)O)N4C(=O)C(C(C)O)C4C3C)CN2)cc1. The zero-order chi connectivity index (χ0) is 23.9. The molecule has 9 heteroatoms. The maximum atomic E-state index is 12.7. The largest absolute Gasteiger partial charge is 0.477 e. The Hall–Kier alpha value is -2.36. The number of benzene rings is 1. The lowest BCUT2D eigenvalue weighted by molar-refractivity contribution is -0.163. The molecule has 4 rings (SSSR count). The number of carboxylic acids is 1. The van der Waals surface area contributed by atoms with Crippen molar-refractivity contribution in [1.82, 2.24) is 15.5 Å². The summed E-state index contributed by atoms with van der Waals surface area (Å²) in [5.41, 5.74) is 2.33. The lowest BCUT2D eigenvalue weighted by Crippen LogP contribution is -2.63. The molecule has 1 aromatic carbocycles. The number of aliphatic hydroxyl groups is 1. The predicted molar refractivity (Wildman–Crippen MR) is 125 cm³/mol. The quantitative estimate of drug-likeness (QED) is 0.422. The Morgan fingerprint density at radius 1 is 1.27 bits per heavy atom. The molecule has 3 aliphatic heterocycles. The first-order valence-corrected chi connectivity index (χ1v) is 12.3. The van der Waals surface area contributed by atoms with Crippen LogP contribution in [-0.2, 0) is 27.3 Å². The van der Waals surface area contributed by atoms with Crippen LogP contribution in [0.1, 0.15) is 38.3 Å². The van der Waals surface area contributed by atoms with Crippen molar-refractivity contribution in [2.75, 3.05) is 6.54 Å². The highest BCUT2D eigenvalue weighted by molar-refractivity contribution is 8.03. The number of rotatable bonds is 8. The minimum Gasteiger partial charge on any atom is -0.477 e. The van der Waals surface area contributed by atoms with Crippen molar-refractivity contribution in [3.8, 4) is 0 Å². The fraction of sp³-hybridized carbons (Fsp3) is 0.542. The smallest absolute Gasteiger partial charge is 0.353 e.